The monoisotopic (exact) mass is 482 g/mol. The van der Waals surface area contributed by atoms with Gasteiger partial charge in [-0.05, 0) is 66.2 Å². The molecule has 0 atom stereocenters. The molecule has 184 valence electrons. The quantitative estimate of drug-likeness (QED) is 0.202. The lowest BCUT2D eigenvalue weighted by atomic mass is 10.1. The molecule has 0 unspecified atom stereocenters. The summed E-state index contributed by atoms with van der Waals surface area (Å²) in [4.78, 5) is 17.2. The topological polar surface area (TPSA) is 54.0 Å². The lowest BCUT2D eigenvalue weighted by Crippen LogP contribution is -2.38. The van der Waals surface area contributed by atoms with Crippen LogP contribution >= 0.6 is 0 Å². The van der Waals surface area contributed by atoms with Crippen molar-refractivity contribution >= 4 is 23.4 Å². The number of ether oxygens (including phenoxy) is 1. The average Bonchev–Trinajstić information content (AvgIpc) is 3.29. The molecule has 0 saturated heterocycles. The van der Waals surface area contributed by atoms with E-state index in [1.807, 2.05) is 117 Å². The second kappa shape index (κ2) is 10.9. The van der Waals surface area contributed by atoms with Gasteiger partial charge in [0.1, 0.15) is 11.9 Å². The number of rotatable bonds is 9. The first-order valence-corrected chi connectivity index (χ1v) is 11.7. The highest BCUT2D eigenvalue weighted by Crippen LogP contribution is 2.21. The number of ketones is 1. The molecule has 1 heterocycles. The Morgan fingerprint density at radius 1 is 0.889 bits per heavy atom. The standard InChI is InChI=1S/C29H32N5O2/c1-31(2)25-12-6-22(7-13-25)20-30-34-19-18-33(29(34)24-10-16-27(36-5)17-11-24)21-28(35)23-8-14-26(15-9-23)32(3)4/h6-20H,21H2,1-5H3/q+1. The van der Waals surface area contributed by atoms with Crippen molar-refractivity contribution in [3.05, 3.63) is 96.3 Å². The lowest BCUT2D eigenvalue weighted by molar-refractivity contribution is -0.671. The van der Waals surface area contributed by atoms with Crippen molar-refractivity contribution in [2.24, 2.45) is 5.10 Å². The van der Waals surface area contributed by atoms with Gasteiger partial charge in [-0.3, -0.25) is 4.79 Å². The third-order valence-electron chi connectivity index (χ3n) is 5.99. The SMILES string of the molecule is COc1ccc(-c2n(N=Cc3ccc(N(C)C)cc3)cc[n+]2CC(=O)c2ccc(N(C)C)cc2)cc1. The zero-order chi connectivity index (χ0) is 25.7. The van der Waals surface area contributed by atoms with Crippen molar-refractivity contribution in [3.63, 3.8) is 0 Å². The number of hydrogen-bond acceptors (Lipinski definition) is 5. The number of aromatic nitrogens is 2. The molecule has 3 aromatic carbocycles. The van der Waals surface area contributed by atoms with Gasteiger partial charge in [0.05, 0.1) is 18.9 Å². The van der Waals surface area contributed by atoms with E-state index in [1.54, 1.807) is 11.8 Å². The second-order valence-corrected chi connectivity index (χ2v) is 8.92. The van der Waals surface area contributed by atoms with Crippen LogP contribution in [0.4, 0.5) is 11.4 Å². The molecule has 0 bridgehead atoms. The Balaban J connectivity index is 1.65. The third-order valence-corrected chi connectivity index (χ3v) is 5.99. The molecule has 4 aromatic rings. The Morgan fingerprint density at radius 3 is 2.03 bits per heavy atom. The first-order valence-electron chi connectivity index (χ1n) is 11.7. The summed E-state index contributed by atoms with van der Waals surface area (Å²) in [6, 6.07) is 23.6. The van der Waals surface area contributed by atoms with Crippen molar-refractivity contribution in [2.75, 3.05) is 45.1 Å². The molecule has 0 saturated carbocycles. The summed E-state index contributed by atoms with van der Waals surface area (Å²) in [6.07, 6.45) is 5.57. The molecule has 0 aliphatic heterocycles. The van der Waals surface area contributed by atoms with E-state index >= 15 is 0 Å². The Kier molecular flexibility index (Phi) is 7.49. The van der Waals surface area contributed by atoms with Crippen LogP contribution in [0.25, 0.3) is 11.4 Å². The zero-order valence-electron chi connectivity index (χ0n) is 21.4. The van der Waals surface area contributed by atoms with Crippen LogP contribution in [0.1, 0.15) is 15.9 Å². The molecule has 0 aliphatic rings. The van der Waals surface area contributed by atoms with E-state index in [0.29, 0.717) is 5.56 Å². The Bertz CT molecular complexity index is 1340. The number of carbonyl (C=O) groups excluding carboxylic acids is 1. The van der Waals surface area contributed by atoms with Gasteiger partial charge >= 0.3 is 5.82 Å². The number of anilines is 2. The summed E-state index contributed by atoms with van der Waals surface area (Å²) < 4.78 is 9.05. The average molecular weight is 483 g/mol. The van der Waals surface area contributed by atoms with E-state index in [0.717, 1.165) is 34.1 Å². The molecule has 7 heteroatoms. The molecule has 0 aliphatic carbocycles. The summed E-state index contributed by atoms with van der Waals surface area (Å²) in [5, 5.41) is 4.71. The predicted molar refractivity (Wildman–Crippen MR) is 145 cm³/mol. The molecule has 7 nitrogen and oxygen atoms in total. The normalized spacial score (nSPS) is 11.0. The summed E-state index contributed by atoms with van der Waals surface area (Å²) in [7, 11) is 9.63. The fourth-order valence-corrected chi connectivity index (χ4v) is 3.85. The van der Waals surface area contributed by atoms with Crippen molar-refractivity contribution < 1.29 is 14.1 Å². The van der Waals surface area contributed by atoms with Gasteiger partial charge in [-0.25, -0.2) is 4.57 Å². The molecule has 36 heavy (non-hydrogen) atoms. The van der Waals surface area contributed by atoms with Crippen LogP contribution in [0.5, 0.6) is 5.75 Å². The summed E-state index contributed by atoms with van der Waals surface area (Å²) in [5.41, 5.74) is 4.76. The fourth-order valence-electron chi connectivity index (χ4n) is 3.85. The van der Waals surface area contributed by atoms with Gasteiger partial charge in [-0.2, -0.15) is 0 Å². The minimum atomic E-state index is 0.0288. The largest absolute Gasteiger partial charge is 0.497 e. The van der Waals surface area contributed by atoms with E-state index < -0.39 is 0 Å². The van der Waals surface area contributed by atoms with Gasteiger partial charge in [0, 0.05) is 45.1 Å². The van der Waals surface area contributed by atoms with E-state index in [2.05, 4.69) is 17.0 Å². The fraction of sp³-hybridized carbons (Fsp3) is 0.207. The highest BCUT2D eigenvalue weighted by Gasteiger charge is 2.22. The first-order chi connectivity index (χ1) is 17.4. The number of imidazole rings is 1. The summed E-state index contributed by atoms with van der Waals surface area (Å²) in [5.74, 6) is 1.60. The highest BCUT2D eigenvalue weighted by molar-refractivity contribution is 5.95. The van der Waals surface area contributed by atoms with Crippen molar-refractivity contribution in [2.45, 2.75) is 6.54 Å². The Hall–Kier alpha value is -4.39. The predicted octanol–water partition coefficient (Wildman–Crippen LogP) is 4.35. The molecular formula is C29H32N5O2+. The van der Waals surface area contributed by atoms with Crippen molar-refractivity contribution in [1.29, 1.82) is 0 Å². The molecular weight excluding hydrogens is 450 g/mol. The third kappa shape index (κ3) is 5.63. The van der Waals surface area contributed by atoms with Gasteiger partial charge in [-0.1, -0.05) is 17.2 Å². The molecule has 0 radical (unpaired) electrons. The number of Topliss-reactive ketones (excluding diaryl/α,β-unsaturated/α-hetero) is 1. The molecule has 4 rings (SSSR count). The lowest BCUT2D eigenvalue weighted by Gasteiger charge is -2.12. The minimum Gasteiger partial charge on any atom is -0.497 e. The van der Waals surface area contributed by atoms with Crippen LogP contribution in [0.2, 0.25) is 0 Å². The maximum Gasteiger partial charge on any atom is 0.314 e. The van der Waals surface area contributed by atoms with Gasteiger partial charge in [0.15, 0.2) is 12.7 Å². The first kappa shape index (κ1) is 24.7. The Morgan fingerprint density at radius 2 is 1.47 bits per heavy atom. The minimum absolute atomic E-state index is 0.0288. The maximum absolute atomic E-state index is 13.1. The number of methoxy groups -OCH3 is 1. The van der Waals surface area contributed by atoms with E-state index in [1.165, 1.54) is 0 Å². The molecule has 0 amide bonds. The van der Waals surface area contributed by atoms with E-state index in [9.17, 15) is 4.79 Å². The maximum atomic E-state index is 13.1. The van der Waals surface area contributed by atoms with E-state index in [4.69, 9.17) is 9.84 Å². The van der Waals surface area contributed by atoms with Gasteiger partial charge < -0.3 is 14.5 Å². The van der Waals surface area contributed by atoms with Crippen LogP contribution in [0.3, 0.4) is 0 Å². The van der Waals surface area contributed by atoms with Crippen molar-refractivity contribution in [3.8, 4) is 17.1 Å². The van der Waals surface area contributed by atoms with Crippen LogP contribution in [-0.4, -0.2) is 52.0 Å². The van der Waals surface area contributed by atoms with Crippen LogP contribution < -0.4 is 19.1 Å². The molecule has 0 N–H and O–H groups in total. The van der Waals surface area contributed by atoms with Gasteiger partial charge in [0.2, 0.25) is 5.78 Å². The van der Waals surface area contributed by atoms with Crippen molar-refractivity contribution in [1.82, 2.24) is 4.68 Å². The highest BCUT2D eigenvalue weighted by atomic mass is 16.5. The van der Waals surface area contributed by atoms with E-state index in [-0.39, 0.29) is 12.3 Å². The number of benzene rings is 3. The van der Waals surface area contributed by atoms with Crippen LogP contribution in [0.15, 0.2) is 90.3 Å². The van der Waals surface area contributed by atoms with Crippen LogP contribution in [0, 0.1) is 0 Å². The summed E-state index contributed by atoms with van der Waals surface area (Å²) >= 11 is 0. The van der Waals surface area contributed by atoms with Gasteiger partial charge in [-0.15, -0.1) is 4.68 Å². The second-order valence-electron chi connectivity index (χ2n) is 8.92. The smallest absolute Gasteiger partial charge is 0.314 e. The molecule has 1 aromatic heterocycles. The molecule has 0 spiro atoms. The summed E-state index contributed by atoms with van der Waals surface area (Å²) in [6.45, 7) is 0.197. The molecule has 0 fully saturated rings. The van der Waals surface area contributed by atoms with Gasteiger partial charge in [0.25, 0.3) is 0 Å². The zero-order valence-corrected chi connectivity index (χ0v) is 21.4. The number of hydrogen-bond donors (Lipinski definition) is 0. The Labute approximate surface area is 212 Å². The number of carbonyl (C=O) groups is 1. The number of nitrogens with zero attached hydrogens (tertiary/aromatic N) is 5. The van der Waals surface area contributed by atoms with Crippen LogP contribution in [-0.2, 0) is 6.54 Å².